The third-order valence-corrected chi connectivity index (χ3v) is 11.7. The number of benzene rings is 3. The number of hydrogen-bond acceptors (Lipinski definition) is 8. The van der Waals surface area contributed by atoms with Crippen molar-refractivity contribution in [3.63, 3.8) is 0 Å². The van der Waals surface area contributed by atoms with Gasteiger partial charge in [0.05, 0.1) is 37.6 Å². The van der Waals surface area contributed by atoms with Crippen LogP contribution in [0.1, 0.15) is 36.8 Å². The normalized spacial score (nSPS) is 15.8. The number of carbonyl (C=O) groups excluding carboxylic acids is 1. The number of nitrogens with zero attached hydrogens (tertiary/aromatic N) is 2. The maximum atomic E-state index is 13.9. The van der Waals surface area contributed by atoms with Gasteiger partial charge in [0, 0.05) is 25.7 Å². The minimum atomic E-state index is -4.06. The van der Waals surface area contributed by atoms with E-state index < -0.39 is 26.0 Å². The number of anilines is 2. The molecule has 0 unspecified atom stereocenters. The fourth-order valence-electron chi connectivity index (χ4n) is 5.64. The molecule has 1 saturated heterocycles. The van der Waals surface area contributed by atoms with Crippen molar-refractivity contribution in [3.05, 3.63) is 71.8 Å². The molecule has 3 aromatic carbocycles. The summed E-state index contributed by atoms with van der Waals surface area (Å²) in [7, 11) is -3.63. The molecule has 2 heterocycles. The van der Waals surface area contributed by atoms with E-state index in [9.17, 15) is 21.6 Å². The molecule has 2 aliphatic rings. The van der Waals surface area contributed by atoms with Crippen molar-refractivity contribution in [2.24, 2.45) is 0 Å². The van der Waals surface area contributed by atoms with E-state index in [2.05, 4.69) is 5.32 Å². The number of methoxy groups -OCH3 is 3. The molecule has 0 saturated carbocycles. The van der Waals surface area contributed by atoms with Gasteiger partial charge in [0.25, 0.3) is 10.0 Å². The van der Waals surface area contributed by atoms with Gasteiger partial charge in [0.2, 0.25) is 15.9 Å². The highest BCUT2D eigenvalue weighted by Crippen LogP contribution is 2.41. The summed E-state index contributed by atoms with van der Waals surface area (Å²) in [6, 6.07) is 14.7. The molecule has 0 radical (unpaired) electrons. The molecule has 240 valence electrons. The number of sulfonamides is 2. The molecule has 45 heavy (non-hydrogen) atoms. The smallest absolute Gasteiger partial charge is 0.268 e. The van der Waals surface area contributed by atoms with Crippen LogP contribution in [0.15, 0.2) is 70.5 Å². The minimum Gasteiger partial charge on any atom is -0.495 e. The van der Waals surface area contributed by atoms with Crippen LogP contribution < -0.4 is 23.8 Å². The van der Waals surface area contributed by atoms with Gasteiger partial charge in [-0.15, -0.1) is 0 Å². The van der Waals surface area contributed by atoms with Gasteiger partial charge in [-0.2, -0.15) is 4.31 Å². The second kappa shape index (κ2) is 13.5. The molecule has 5 rings (SSSR count). The maximum absolute atomic E-state index is 13.9. The summed E-state index contributed by atoms with van der Waals surface area (Å²) in [5.74, 6) is -0.0582. The Labute approximate surface area is 264 Å². The van der Waals surface area contributed by atoms with Gasteiger partial charge in [0.1, 0.15) is 10.6 Å². The molecule has 13 heteroatoms. The Morgan fingerprint density at radius 3 is 2.20 bits per heavy atom. The van der Waals surface area contributed by atoms with Crippen LogP contribution in [0.5, 0.6) is 17.2 Å². The lowest BCUT2D eigenvalue weighted by Gasteiger charge is -2.22. The third kappa shape index (κ3) is 6.65. The Morgan fingerprint density at radius 1 is 0.800 bits per heavy atom. The summed E-state index contributed by atoms with van der Waals surface area (Å²) in [4.78, 5) is 13.0. The fourth-order valence-corrected chi connectivity index (χ4v) is 8.89. The van der Waals surface area contributed by atoms with Crippen molar-refractivity contribution in [1.82, 2.24) is 4.31 Å². The number of rotatable bonds is 10. The number of hydrogen-bond donors (Lipinski definition) is 1. The number of carbonyl (C=O) groups is 1. The summed E-state index contributed by atoms with van der Waals surface area (Å²) in [6.07, 6.45) is 6.82. The average Bonchev–Trinajstić information content (AvgIpc) is 3.29. The standard InChI is InChI=1S/C32H37N3O8S2/c1-41-28-14-13-25(44(37,38)34-17-8-4-5-9-18-34)22-26(28)33-31(36)15-12-23-20-29(42-2)32(43-3)30(21-23)45(39,40)35-19-16-24-10-6-7-11-27(24)35/h6-7,10-15,20-22H,4-5,8-9,16-19H2,1-3H3,(H,33,36). The van der Waals surface area contributed by atoms with Gasteiger partial charge in [-0.05, 0) is 72.9 Å². The lowest BCUT2D eigenvalue weighted by Crippen LogP contribution is -2.32. The zero-order valence-corrected chi connectivity index (χ0v) is 27.1. The summed E-state index contributed by atoms with van der Waals surface area (Å²) in [5.41, 5.74) is 2.09. The quantitative estimate of drug-likeness (QED) is 0.312. The van der Waals surface area contributed by atoms with Crippen LogP contribution in [0.2, 0.25) is 0 Å². The van der Waals surface area contributed by atoms with E-state index in [4.69, 9.17) is 14.2 Å². The highest BCUT2D eigenvalue weighted by molar-refractivity contribution is 7.93. The van der Waals surface area contributed by atoms with E-state index in [1.54, 1.807) is 18.2 Å². The summed E-state index contributed by atoms with van der Waals surface area (Å²) >= 11 is 0. The van der Waals surface area contributed by atoms with Gasteiger partial charge in [0.15, 0.2) is 11.5 Å². The number of nitrogens with one attached hydrogen (secondary N) is 1. The predicted molar refractivity (Wildman–Crippen MR) is 172 cm³/mol. The van der Waals surface area contributed by atoms with Crippen molar-refractivity contribution in [3.8, 4) is 17.2 Å². The molecule has 0 aliphatic carbocycles. The topological polar surface area (TPSA) is 132 Å². The van der Waals surface area contributed by atoms with Gasteiger partial charge in [-0.1, -0.05) is 31.0 Å². The van der Waals surface area contributed by atoms with Crippen LogP contribution in [0.3, 0.4) is 0 Å². The maximum Gasteiger partial charge on any atom is 0.268 e. The van der Waals surface area contributed by atoms with E-state index in [1.807, 2.05) is 12.1 Å². The first-order valence-corrected chi connectivity index (χ1v) is 17.5. The molecule has 1 fully saturated rings. The largest absolute Gasteiger partial charge is 0.495 e. The molecule has 1 amide bonds. The predicted octanol–water partition coefficient (Wildman–Crippen LogP) is 4.68. The molecule has 2 aliphatic heterocycles. The van der Waals surface area contributed by atoms with E-state index in [1.165, 1.54) is 66.4 Å². The highest BCUT2D eigenvalue weighted by atomic mass is 32.2. The van der Waals surface area contributed by atoms with Gasteiger partial charge in [-0.3, -0.25) is 9.10 Å². The number of amides is 1. The van der Waals surface area contributed by atoms with Crippen LogP contribution in [-0.4, -0.2) is 68.0 Å². The van der Waals surface area contributed by atoms with Crippen LogP contribution >= 0.6 is 0 Å². The first-order valence-electron chi connectivity index (χ1n) is 14.6. The Bertz CT molecular complexity index is 1820. The van der Waals surface area contributed by atoms with Gasteiger partial charge < -0.3 is 19.5 Å². The Kier molecular flexibility index (Phi) is 9.70. The first-order chi connectivity index (χ1) is 21.6. The Hall–Kier alpha value is -4.07. The summed E-state index contributed by atoms with van der Waals surface area (Å²) < 4.78 is 73.7. The monoisotopic (exact) mass is 655 g/mol. The van der Waals surface area contributed by atoms with E-state index in [0.717, 1.165) is 31.2 Å². The molecular formula is C32H37N3O8S2. The van der Waals surface area contributed by atoms with Crippen molar-refractivity contribution in [2.75, 3.05) is 50.6 Å². The number of ether oxygens (including phenoxy) is 3. The van der Waals surface area contributed by atoms with E-state index >= 15 is 0 Å². The van der Waals surface area contributed by atoms with Crippen LogP contribution in [0.25, 0.3) is 6.08 Å². The second-order valence-electron chi connectivity index (χ2n) is 10.7. The molecule has 0 aromatic heterocycles. The summed E-state index contributed by atoms with van der Waals surface area (Å²) in [6.45, 7) is 1.18. The van der Waals surface area contributed by atoms with E-state index in [0.29, 0.717) is 30.8 Å². The molecule has 0 bridgehead atoms. The average molecular weight is 656 g/mol. The molecule has 3 aromatic rings. The Morgan fingerprint density at radius 2 is 1.51 bits per heavy atom. The SMILES string of the molecule is COc1ccc(S(=O)(=O)N2CCCCCC2)cc1NC(=O)C=Cc1cc(OC)c(OC)c(S(=O)(=O)N2CCc3ccccc32)c1. The third-order valence-electron chi connectivity index (χ3n) is 7.94. The van der Waals surface area contributed by atoms with Crippen molar-refractivity contribution in [2.45, 2.75) is 41.9 Å². The lowest BCUT2D eigenvalue weighted by molar-refractivity contribution is -0.111. The molecular weight excluding hydrogens is 618 g/mol. The molecule has 0 spiro atoms. The Balaban J connectivity index is 1.42. The highest BCUT2D eigenvalue weighted by Gasteiger charge is 2.34. The first kappa shape index (κ1) is 32.3. The number of fused-ring (bicyclic) bond motifs is 1. The van der Waals surface area contributed by atoms with Crippen LogP contribution in [0, 0.1) is 0 Å². The minimum absolute atomic E-state index is 0.0515. The lowest BCUT2D eigenvalue weighted by atomic mass is 10.2. The van der Waals surface area contributed by atoms with Crippen LogP contribution in [0.4, 0.5) is 11.4 Å². The molecule has 11 nitrogen and oxygen atoms in total. The zero-order chi connectivity index (χ0) is 32.2. The van der Waals surface area contributed by atoms with Crippen LogP contribution in [-0.2, 0) is 31.3 Å². The fraction of sp³-hybridized carbons (Fsp3) is 0.344. The number of para-hydroxylation sites is 1. The molecule has 1 N–H and O–H groups in total. The van der Waals surface area contributed by atoms with Crippen molar-refractivity contribution < 1.29 is 35.8 Å². The second-order valence-corrected chi connectivity index (χ2v) is 14.5. The van der Waals surface area contributed by atoms with Crippen molar-refractivity contribution in [1.29, 1.82) is 0 Å². The van der Waals surface area contributed by atoms with Gasteiger partial charge >= 0.3 is 0 Å². The van der Waals surface area contributed by atoms with Gasteiger partial charge in [-0.25, -0.2) is 16.8 Å². The van der Waals surface area contributed by atoms with E-state index in [-0.39, 0.29) is 39.3 Å². The zero-order valence-electron chi connectivity index (χ0n) is 25.5. The van der Waals surface area contributed by atoms with Crippen molar-refractivity contribution >= 4 is 43.4 Å². The summed E-state index contributed by atoms with van der Waals surface area (Å²) in [5, 5.41) is 2.70. The molecule has 0 atom stereocenters.